The molecule has 0 N–H and O–H groups in total. The Labute approximate surface area is 131 Å². The molecule has 0 aliphatic carbocycles. The normalized spacial score (nSPS) is 32.2. The number of piperazine rings is 1. The maximum Gasteiger partial charge on any atom is 0.274 e. The first kappa shape index (κ1) is 14.1. The second-order valence-corrected chi connectivity index (χ2v) is 6.64. The Morgan fingerprint density at radius 1 is 1.09 bits per heavy atom. The monoisotopic (exact) mass is 301 g/mol. The minimum absolute atomic E-state index is 0.0154. The summed E-state index contributed by atoms with van der Waals surface area (Å²) < 4.78 is 0. The average Bonchev–Trinajstić information content (AvgIpc) is 2.63. The van der Waals surface area contributed by atoms with E-state index in [2.05, 4.69) is 20.0 Å². The minimum Gasteiger partial charge on any atom is -0.335 e. The summed E-state index contributed by atoms with van der Waals surface area (Å²) in [7, 11) is 0. The highest BCUT2D eigenvalue weighted by Gasteiger charge is 2.38. The molecule has 4 saturated heterocycles. The van der Waals surface area contributed by atoms with Crippen LogP contribution in [0.3, 0.4) is 0 Å². The van der Waals surface area contributed by atoms with Gasteiger partial charge in [-0.25, -0.2) is 0 Å². The molecule has 0 saturated carbocycles. The van der Waals surface area contributed by atoms with Crippen molar-refractivity contribution in [1.82, 2.24) is 24.9 Å². The van der Waals surface area contributed by atoms with E-state index < -0.39 is 0 Å². The summed E-state index contributed by atoms with van der Waals surface area (Å²) >= 11 is 0. The molecule has 5 heterocycles. The maximum absolute atomic E-state index is 12.4. The predicted octanol–water partition coefficient (Wildman–Crippen LogP) is 0.329. The van der Waals surface area contributed by atoms with E-state index in [0.29, 0.717) is 11.7 Å². The molecule has 22 heavy (non-hydrogen) atoms. The molecule has 1 unspecified atom stereocenters. The number of hydrogen-bond donors (Lipinski definition) is 0. The van der Waals surface area contributed by atoms with Crippen LogP contribution in [0.2, 0.25) is 0 Å². The van der Waals surface area contributed by atoms with Crippen molar-refractivity contribution in [3.05, 3.63) is 24.0 Å². The van der Waals surface area contributed by atoms with Gasteiger partial charge in [-0.05, 0) is 44.0 Å². The van der Waals surface area contributed by atoms with Gasteiger partial charge in [0.15, 0.2) is 5.69 Å². The Kier molecular flexibility index (Phi) is 3.80. The van der Waals surface area contributed by atoms with Crippen LogP contribution in [0.5, 0.6) is 0 Å². The molecular formula is C16H23N5O. The molecule has 2 bridgehead atoms. The molecule has 6 heteroatoms. The lowest BCUT2D eigenvalue weighted by atomic mass is 9.83. The minimum atomic E-state index is 0.0154. The third-order valence-electron chi connectivity index (χ3n) is 5.48. The number of piperidine rings is 3. The predicted molar refractivity (Wildman–Crippen MR) is 82.5 cm³/mol. The van der Waals surface area contributed by atoms with Gasteiger partial charge < -0.3 is 9.80 Å². The Bertz CT molecular complexity index is 521. The zero-order valence-corrected chi connectivity index (χ0v) is 12.9. The standard InChI is InChI=1S/C16H23N5O/c22-16(14-2-1-5-17-18-14)21-10-8-20(9-11-21)15-12-19-6-3-13(15)4-7-19/h1-2,5,13,15H,3-4,6-12H2. The fourth-order valence-corrected chi connectivity index (χ4v) is 4.18. The number of hydrogen-bond acceptors (Lipinski definition) is 5. The van der Waals surface area contributed by atoms with Gasteiger partial charge >= 0.3 is 0 Å². The van der Waals surface area contributed by atoms with Crippen LogP contribution in [0.25, 0.3) is 0 Å². The van der Waals surface area contributed by atoms with Gasteiger partial charge in [-0.2, -0.15) is 5.10 Å². The van der Waals surface area contributed by atoms with E-state index in [1.54, 1.807) is 18.3 Å². The molecule has 4 aliphatic heterocycles. The smallest absolute Gasteiger partial charge is 0.274 e. The molecule has 118 valence electrons. The van der Waals surface area contributed by atoms with Crippen LogP contribution in [-0.4, -0.2) is 82.7 Å². The second kappa shape index (κ2) is 5.93. The van der Waals surface area contributed by atoms with Crippen molar-refractivity contribution in [3.63, 3.8) is 0 Å². The number of carbonyl (C=O) groups is 1. The first-order valence-electron chi connectivity index (χ1n) is 8.34. The van der Waals surface area contributed by atoms with E-state index in [-0.39, 0.29) is 5.91 Å². The highest BCUT2D eigenvalue weighted by molar-refractivity contribution is 5.92. The summed E-state index contributed by atoms with van der Waals surface area (Å²) in [5, 5.41) is 7.73. The zero-order valence-electron chi connectivity index (χ0n) is 12.9. The fraction of sp³-hybridized carbons (Fsp3) is 0.688. The Morgan fingerprint density at radius 3 is 2.45 bits per heavy atom. The maximum atomic E-state index is 12.4. The summed E-state index contributed by atoms with van der Waals surface area (Å²) in [5.74, 6) is 0.883. The van der Waals surface area contributed by atoms with Gasteiger partial charge in [0, 0.05) is 45.0 Å². The van der Waals surface area contributed by atoms with Crippen molar-refractivity contribution in [1.29, 1.82) is 0 Å². The topological polar surface area (TPSA) is 52.6 Å². The van der Waals surface area contributed by atoms with Gasteiger partial charge in [0.2, 0.25) is 0 Å². The molecule has 0 spiro atoms. The van der Waals surface area contributed by atoms with Crippen molar-refractivity contribution in [2.75, 3.05) is 45.8 Å². The van der Waals surface area contributed by atoms with Crippen LogP contribution in [0.1, 0.15) is 23.3 Å². The van der Waals surface area contributed by atoms with Crippen molar-refractivity contribution in [2.45, 2.75) is 18.9 Å². The van der Waals surface area contributed by atoms with Crippen molar-refractivity contribution in [3.8, 4) is 0 Å². The molecule has 1 aromatic heterocycles. The molecule has 1 atom stereocenters. The largest absolute Gasteiger partial charge is 0.335 e. The highest BCUT2D eigenvalue weighted by atomic mass is 16.2. The van der Waals surface area contributed by atoms with Gasteiger partial charge in [0.05, 0.1) is 0 Å². The molecule has 5 rings (SSSR count). The number of fused-ring (bicyclic) bond motifs is 3. The molecule has 1 aromatic rings. The van der Waals surface area contributed by atoms with E-state index in [4.69, 9.17) is 0 Å². The molecule has 4 fully saturated rings. The first-order valence-corrected chi connectivity index (χ1v) is 8.34. The van der Waals surface area contributed by atoms with Gasteiger partial charge in [-0.1, -0.05) is 0 Å². The van der Waals surface area contributed by atoms with E-state index in [1.165, 1.54) is 32.5 Å². The second-order valence-electron chi connectivity index (χ2n) is 6.64. The van der Waals surface area contributed by atoms with Crippen LogP contribution in [0.15, 0.2) is 18.3 Å². The summed E-state index contributed by atoms with van der Waals surface area (Å²) in [6.07, 6.45) is 4.30. The first-order chi connectivity index (χ1) is 10.8. The molecule has 0 radical (unpaired) electrons. The quantitative estimate of drug-likeness (QED) is 0.788. The van der Waals surface area contributed by atoms with Crippen molar-refractivity contribution in [2.24, 2.45) is 5.92 Å². The fourth-order valence-electron chi connectivity index (χ4n) is 4.18. The van der Waals surface area contributed by atoms with Crippen LogP contribution in [0, 0.1) is 5.92 Å². The molecule has 0 aromatic carbocycles. The number of amides is 1. The van der Waals surface area contributed by atoms with Crippen LogP contribution >= 0.6 is 0 Å². The van der Waals surface area contributed by atoms with Gasteiger partial charge in [0.1, 0.15) is 0 Å². The van der Waals surface area contributed by atoms with E-state index in [9.17, 15) is 4.79 Å². The molecule has 1 amide bonds. The highest BCUT2D eigenvalue weighted by Crippen LogP contribution is 2.31. The van der Waals surface area contributed by atoms with E-state index >= 15 is 0 Å². The molecule has 4 aliphatic rings. The van der Waals surface area contributed by atoms with Crippen LogP contribution < -0.4 is 0 Å². The van der Waals surface area contributed by atoms with Crippen LogP contribution in [-0.2, 0) is 0 Å². The molecule has 6 nitrogen and oxygen atoms in total. The Balaban J connectivity index is 1.36. The van der Waals surface area contributed by atoms with Crippen molar-refractivity contribution < 1.29 is 4.79 Å². The lowest BCUT2D eigenvalue weighted by Crippen LogP contribution is -2.61. The lowest BCUT2D eigenvalue weighted by molar-refractivity contribution is -0.0132. The van der Waals surface area contributed by atoms with Gasteiger partial charge in [-0.15, -0.1) is 5.10 Å². The Morgan fingerprint density at radius 2 is 1.86 bits per heavy atom. The zero-order chi connectivity index (χ0) is 14.9. The van der Waals surface area contributed by atoms with Crippen LogP contribution in [0.4, 0.5) is 0 Å². The third-order valence-corrected chi connectivity index (χ3v) is 5.48. The van der Waals surface area contributed by atoms with Crippen molar-refractivity contribution >= 4 is 5.91 Å². The van der Waals surface area contributed by atoms with E-state index in [1.807, 2.05) is 4.90 Å². The molecular weight excluding hydrogens is 278 g/mol. The third kappa shape index (κ3) is 2.61. The lowest BCUT2D eigenvalue weighted by Gasteiger charge is -2.50. The van der Waals surface area contributed by atoms with Gasteiger partial charge in [0.25, 0.3) is 5.91 Å². The number of rotatable bonds is 2. The average molecular weight is 301 g/mol. The number of aromatic nitrogens is 2. The summed E-state index contributed by atoms with van der Waals surface area (Å²) in [6, 6.07) is 4.22. The Hall–Kier alpha value is -1.53. The summed E-state index contributed by atoms with van der Waals surface area (Å²) in [4.78, 5) is 19.5. The summed E-state index contributed by atoms with van der Waals surface area (Å²) in [5.41, 5.74) is 0.457. The SMILES string of the molecule is O=C(c1cccnn1)N1CCN(C2CN3CCC2CC3)CC1. The van der Waals surface area contributed by atoms with E-state index in [0.717, 1.165) is 32.1 Å². The summed E-state index contributed by atoms with van der Waals surface area (Å²) in [6.45, 7) is 7.38. The number of nitrogens with zero attached hydrogens (tertiary/aromatic N) is 5. The number of carbonyl (C=O) groups excluding carboxylic acids is 1. The van der Waals surface area contributed by atoms with Gasteiger partial charge in [-0.3, -0.25) is 9.69 Å².